The smallest absolute Gasteiger partial charge is 0.204 e. The van der Waals surface area contributed by atoms with Crippen molar-refractivity contribution in [3.8, 4) is 5.75 Å². The van der Waals surface area contributed by atoms with E-state index < -0.39 is 0 Å². The number of rotatable bonds is 5. The van der Waals surface area contributed by atoms with Gasteiger partial charge in [-0.05, 0) is 45.0 Å². The van der Waals surface area contributed by atoms with Gasteiger partial charge in [-0.15, -0.1) is 15.0 Å². The molecule has 0 spiro atoms. The number of pyridine rings is 1. The van der Waals surface area contributed by atoms with Crippen LogP contribution in [0.5, 0.6) is 5.75 Å². The minimum Gasteiger partial charge on any atom is -0.496 e. The summed E-state index contributed by atoms with van der Waals surface area (Å²) >= 11 is 0. The minimum absolute atomic E-state index is 0.605. The molecule has 3 aromatic rings. The molecule has 1 N–H and O–H groups in total. The highest BCUT2D eigenvalue weighted by Gasteiger charge is 2.29. The number of nitrogens with one attached hydrogen (secondary N) is 1. The quantitative estimate of drug-likeness (QED) is 0.740. The molecule has 0 atom stereocenters. The van der Waals surface area contributed by atoms with Gasteiger partial charge in [0.05, 0.1) is 18.5 Å². The van der Waals surface area contributed by atoms with Gasteiger partial charge in [-0.3, -0.25) is 0 Å². The van der Waals surface area contributed by atoms with Crippen LogP contribution in [0.25, 0.3) is 0 Å². The molecule has 1 aliphatic rings. The lowest BCUT2D eigenvalue weighted by molar-refractivity contribution is 0.414. The van der Waals surface area contributed by atoms with E-state index >= 15 is 0 Å². The zero-order chi connectivity index (χ0) is 19.7. The molecule has 0 radical (unpaired) electrons. The normalized spacial score (nSPS) is 14.1. The molecule has 142 valence electrons. The Labute approximate surface area is 163 Å². The van der Waals surface area contributed by atoms with E-state index in [1.54, 1.807) is 7.11 Å². The Morgan fingerprint density at radius 1 is 1.11 bits per heavy atom. The number of methoxy groups -OCH3 is 1. The molecule has 1 aliphatic heterocycles. The van der Waals surface area contributed by atoms with E-state index in [4.69, 9.17) is 9.73 Å². The number of ether oxygens (including phenoxy) is 1. The first-order chi connectivity index (χ1) is 13.6. The van der Waals surface area contributed by atoms with Crippen LogP contribution < -0.4 is 10.1 Å². The summed E-state index contributed by atoms with van der Waals surface area (Å²) in [5.41, 5.74) is 3.73. The Balaban J connectivity index is 1.85. The van der Waals surface area contributed by atoms with Crippen molar-refractivity contribution in [2.75, 3.05) is 19.0 Å². The van der Waals surface area contributed by atoms with Crippen molar-refractivity contribution in [1.29, 1.82) is 0 Å². The zero-order valence-electron chi connectivity index (χ0n) is 16.3. The molecule has 28 heavy (non-hydrogen) atoms. The lowest BCUT2D eigenvalue weighted by Gasteiger charge is -2.09. The first-order valence-corrected chi connectivity index (χ1v) is 9.07. The van der Waals surface area contributed by atoms with Crippen LogP contribution in [0.1, 0.15) is 29.8 Å². The zero-order valence-corrected chi connectivity index (χ0v) is 16.3. The van der Waals surface area contributed by atoms with Gasteiger partial charge < -0.3 is 10.1 Å². The van der Waals surface area contributed by atoms with Gasteiger partial charge in [0.25, 0.3) is 0 Å². The monoisotopic (exact) mass is 375 g/mol. The molecule has 0 aliphatic carbocycles. The molecule has 3 heterocycles. The van der Waals surface area contributed by atoms with Crippen LogP contribution >= 0.6 is 0 Å². The highest BCUT2D eigenvalue weighted by Crippen LogP contribution is 2.27. The van der Waals surface area contributed by atoms with Crippen molar-refractivity contribution in [2.45, 2.75) is 20.8 Å². The largest absolute Gasteiger partial charge is 0.496 e. The van der Waals surface area contributed by atoms with Gasteiger partial charge in [0.15, 0.2) is 5.82 Å². The third-order valence-electron chi connectivity index (χ3n) is 4.34. The van der Waals surface area contributed by atoms with E-state index in [1.807, 2.05) is 57.2 Å². The fraction of sp³-hybridized carbons (Fsp3) is 0.250. The molecule has 8 nitrogen and oxygen atoms in total. The van der Waals surface area contributed by atoms with E-state index in [-0.39, 0.29) is 0 Å². The van der Waals surface area contributed by atoms with Crippen LogP contribution in [0.2, 0.25) is 0 Å². The second kappa shape index (κ2) is 7.22. The van der Waals surface area contributed by atoms with Crippen molar-refractivity contribution < 1.29 is 4.74 Å². The molecule has 1 aromatic carbocycles. The van der Waals surface area contributed by atoms with Crippen LogP contribution in [-0.4, -0.2) is 44.9 Å². The van der Waals surface area contributed by atoms with Crippen LogP contribution in [-0.2, 0) is 0 Å². The topological polar surface area (TPSA) is 89.6 Å². The van der Waals surface area contributed by atoms with E-state index in [0.717, 1.165) is 29.3 Å². The Hall–Kier alpha value is -3.55. The van der Waals surface area contributed by atoms with E-state index in [2.05, 4.69) is 25.5 Å². The highest BCUT2D eigenvalue weighted by atomic mass is 16.5. The van der Waals surface area contributed by atoms with Gasteiger partial charge in [0, 0.05) is 12.1 Å². The average Bonchev–Trinajstić information content (AvgIpc) is 3.20. The number of nitrogens with zero attached hydrogens (tertiary/aromatic N) is 6. The molecule has 8 heteroatoms. The van der Waals surface area contributed by atoms with Crippen molar-refractivity contribution in [3.05, 3.63) is 59.3 Å². The number of hydrogen-bond acceptors (Lipinski definition) is 7. The number of fused-ring (bicyclic) bond motifs is 1. The number of aliphatic imine (C=N–C) groups is 1. The number of anilines is 1. The van der Waals surface area contributed by atoms with E-state index in [0.29, 0.717) is 28.8 Å². The molecule has 0 amide bonds. The SMILES string of the molecule is CCNc1ccc(N=C2C(c3ccccc3OC)=Nn3nc(C)nc32)c(C)n1. The van der Waals surface area contributed by atoms with Gasteiger partial charge >= 0.3 is 0 Å². The Bertz CT molecular complexity index is 1100. The summed E-state index contributed by atoms with van der Waals surface area (Å²) < 4.78 is 5.52. The maximum Gasteiger partial charge on any atom is 0.204 e. The van der Waals surface area contributed by atoms with Gasteiger partial charge in [-0.25, -0.2) is 15.0 Å². The lowest BCUT2D eigenvalue weighted by Crippen LogP contribution is -2.15. The second-order valence-corrected chi connectivity index (χ2v) is 6.31. The van der Waals surface area contributed by atoms with Crippen molar-refractivity contribution >= 4 is 22.9 Å². The second-order valence-electron chi connectivity index (χ2n) is 6.31. The molecule has 0 unspecified atom stereocenters. The lowest BCUT2D eigenvalue weighted by atomic mass is 10.0. The number of para-hydroxylation sites is 1. The summed E-state index contributed by atoms with van der Waals surface area (Å²) in [7, 11) is 1.64. The first-order valence-electron chi connectivity index (χ1n) is 9.07. The minimum atomic E-state index is 0.605. The Morgan fingerprint density at radius 2 is 1.93 bits per heavy atom. The molecule has 0 fully saturated rings. The molecular weight excluding hydrogens is 354 g/mol. The predicted octanol–water partition coefficient (Wildman–Crippen LogP) is 3.12. The summed E-state index contributed by atoms with van der Waals surface area (Å²) in [6.07, 6.45) is 0. The molecule has 0 bridgehead atoms. The Kier molecular flexibility index (Phi) is 4.60. The van der Waals surface area contributed by atoms with Gasteiger partial charge in [-0.2, -0.15) is 0 Å². The molecule has 0 saturated carbocycles. The number of aryl methyl sites for hydroxylation is 2. The maximum atomic E-state index is 5.52. The standard InChI is InChI=1S/C20H21N7O/c1-5-21-17-11-10-15(12(2)22-17)24-19-18(14-8-6-7-9-16(14)28-4)26-27-20(19)23-13(3)25-27/h6-11H,5H2,1-4H3,(H,21,22). The van der Waals surface area contributed by atoms with Crippen molar-refractivity contribution in [3.63, 3.8) is 0 Å². The van der Waals surface area contributed by atoms with Gasteiger partial charge in [-0.1, -0.05) is 12.1 Å². The maximum absolute atomic E-state index is 5.52. The molecule has 4 rings (SSSR count). The molecule has 2 aromatic heterocycles. The number of aromatic nitrogens is 4. The number of benzene rings is 1. The Morgan fingerprint density at radius 3 is 2.68 bits per heavy atom. The average molecular weight is 375 g/mol. The predicted molar refractivity (Wildman–Crippen MR) is 109 cm³/mol. The molecular formula is C20H21N7O. The highest BCUT2D eigenvalue weighted by molar-refractivity contribution is 6.54. The van der Waals surface area contributed by atoms with Crippen LogP contribution in [0.3, 0.4) is 0 Å². The summed E-state index contributed by atoms with van der Waals surface area (Å²) in [5, 5.41) is 12.2. The van der Waals surface area contributed by atoms with Crippen LogP contribution in [0.4, 0.5) is 11.5 Å². The third kappa shape index (κ3) is 3.13. The van der Waals surface area contributed by atoms with Gasteiger partial charge in [0.2, 0.25) is 5.82 Å². The summed E-state index contributed by atoms with van der Waals surface area (Å²) in [5.74, 6) is 2.79. The fourth-order valence-corrected chi connectivity index (χ4v) is 3.07. The van der Waals surface area contributed by atoms with Crippen molar-refractivity contribution in [1.82, 2.24) is 19.9 Å². The summed E-state index contributed by atoms with van der Waals surface area (Å²) in [4.78, 5) is 15.5. The summed E-state index contributed by atoms with van der Waals surface area (Å²) in [6.45, 7) is 6.62. The fourth-order valence-electron chi connectivity index (χ4n) is 3.07. The van der Waals surface area contributed by atoms with E-state index in [1.165, 1.54) is 4.79 Å². The first kappa shape index (κ1) is 17.8. The number of hydrogen-bond donors (Lipinski definition) is 1. The van der Waals surface area contributed by atoms with E-state index in [9.17, 15) is 0 Å². The summed E-state index contributed by atoms with van der Waals surface area (Å²) in [6, 6.07) is 11.6. The van der Waals surface area contributed by atoms with Crippen molar-refractivity contribution in [2.24, 2.45) is 10.1 Å². The molecule has 0 saturated heterocycles. The van der Waals surface area contributed by atoms with Crippen LogP contribution in [0.15, 0.2) is 46.5 Å². The van der Waals surface area contributed by atoms with Gasteiger partial charge in [0.1, 0.15) is 23.0 Å². The van der Waals surface area contributed by atoms with Crippen LogP contribution in [0, 0.1) is 13.8 Å². The third-order valence-corrected chi connectivity index (χ3v) is 4.34.